The second-order valence-electron chi connectivity index (χ2n) is 6.85. The number of H-pyrrole nitrogens is 2. The van der Waals surface area contributed by atoms with E-state index in [4.69, 9.17) is 15.6 Å². The van der Waals surface area contributed by atoms with Crippen molar-refractivity contribution in [1.29, 1.82) is 0 Å². The molecular weight excluding hydrogens is 474 g/mol. The van der Waals surface area contributed by atoms with E-state index in [-0.39, 0.29) is 29.6 Å². The van der Waals surface area contributed by atoms with Crippen molar-refractivity contribution >= 4 is 27.5 Å². The van der Waals surface area contributed by atoms with Crippen molar-refractivity contribution in [1.82, 2.24) is 25.1 Å². The van der Waals surface area contributed by atoms with E-state index >= 15 is 4.39 Å². The number of nitrogens with one attached hydrogen (secondary N) is 3. The van der Waals surface area contributed by atoms with Gasteiger partial charge in [0.05, 0.1) is 0 Å². The van der Waals surface area contributed by atoms with Gasteiger partial charge in [0.1, 0.15) is 28.8 Å². The van der Waals surface area contributed by atoms with Gasteiger partial charge in [0.2, 0.25) is 16.0 Å². The minimum atomic E-state index is -4.39. The normalized spacial score (nSPS) is 11.4. The molecule has 0 radical (unpaired) electrons. The van der Waals surface area contributed by atoms with Gasteiger partial charge in [-0.15, -0.1) is 0 Å². The number of sulfonamides is 1. The molecule has 0 saturated carbocycles. The highest BCUT2D eigenvalue weighted by Gasteiger charge is 2.20. The van der Waals surface area contributed by atoms with Crippen LogP contribution in [-0.2, 0) is 16.6 Å². The van der Waals surface area contributed by atoms with Crippen molar-refractivity contribution in [3.63, 3.8) is 0 Å². The zero-order chi connectivity index (χ0) is 24.5. The van der Waals surface area contributed by atoms with Crippen LogP contribution in [0, 0.1) is 11.6 Å². The molecule has 0 aliphatic carbocycles. The van der Waals surface area contributed by atoms with Crippen LogP contribution in [-0.4, -0.2) is 33.6 Å². The van der Waals surface area contributed by atoms with E-state index in [0.29, 0.717) is 17.3 Å². The number of ether oxygens (including phenoxy) is 1. The summed E-state index contributed by atoms with van der Waals surface area (Å²) < 4.78 is 57.7. The fourth-order valence-electron chi connectivity index (χ4n) is 2.90. The van der Waals surface area contributed by atoms with Gasteiger partial charge in [-0.05, 0) is 42.5 Å². The van der Waals surface area contributed by atoms with Crippen molar-refractivity contribution < 1.29 is 21.9 Å². The number of hydrogen-bond donors (Lipinski definition) is 5. The van der Waals surface area contributed by atoms with Crippen LogP contribution in [0.3, 0.4) is 0 Å². The average molecular weight is 490 g/mol. The van der Waals surface area contributed by atoms with Crippen LogP contribution in [0.5, 0.6) is 5.75 Å². The zero-order valence-corrected chi connectivity index (χ0v) is 17.9. The summed E-state index contributed by atoms with van der Waals surface area (Å²) in [5, 5.41) is 13.7. The third-order valence-electron chi connectivity index (χ3n) is 4.42. The minimum Gasteiger partial charge on any atom is -0.486 e. The van der Waals surface area contributed by atoms with Crippen molar-refractivity contribution in [3.05, 3.63) is 70.4 Å². The smallest absolute Gasteiger partial charge is 0.340 e. The summed E-state index contributed by atoms with van der Waals surface area (Å²) in [5.74, 6) is -1.90. The molecule has 0 unspecified atom stereocenters. The second kappa shape index (κ2) is 8.87. The van der Waals surface area contributed by atoms with Crippen LogP contribution in [0.15, 0.2) is 52.2 Å². The molecule has 2 aromatic carbocycles. The van der Waals surface area contributed by atoms with Crippen LogP contribution in [0.2, 0.25) is 0 Å². The van der Waals surface area contributed by atoms with Crippen molar-refractivity contribution in [3.8, 4) is 17.0 Å². The molecule has 2 heterocycles. The third-order valence-corrected chi connectivity index (χ3v) is 5.35. The van der Waals surface area contributed by atoms with E-state index in [1.165, 1.54) is 0 Å². The molecule has 0 spiro atoms. The number of aromatic nitrogens is 5. The molecular formula is C19H16F2N8O4S. The Kier molecular flexibility index (Phi) is 5.95. The number of nitrogens with zero attached hydrogens (tertiary/aromatic N) is 3. The second-order valence-corrected chi connectivity index (χ2v) is 8.38. The number of anilines is 3. The van der Waals surface area contributed by atoms with E-state index in [1.54, 1.807) is 24.3 Å². The molecule has 34 heavy (non-hydrogen) atoms. The SMILES string of the molecule is Nc1nc(Nc2ccc(OCc3n[nH]c(=O)[nH]3)cc2)c(F)c(-c2ccc(F)c(S(N)(=O)=O)c2)n1. The fraction of sp³-hybridized carbons (Fsp3) is 0.0526. The highest BCUT2D eigenvalue weighted by atomic mass is 32.2. The van der Waals surface area contributed by atoms with Crippen LogP contribution in [0.25, 0.3) is 11.3 Å². The summed E-state index contributed by atoms with van der Waals surface area (Å²) in [6, 6.07) is 9.12. The largest absolute Gasteiger partial charge is 0.486 e. The van der Waals surface area contributed by atoms with Crippen LogP contribution in [0.1, 0.15) is 5.82 Å². The predicted octanol–water partition coefficient (Wildman–Crippen LogP) is 1.39. The summed E-state index contributed by atoms with van der Waals surface area (Å²) in [7, 11) is -4.39. The number of nitrogen functional groups attached to an aromatic ring is 1. The molecule has 176 valence electrons. The first kappa shape index (κ1) is 22.8. The molecule has 0 aliphatic heterocycles. The average Bonchev–Trinajstić information content (AvgIpc) is 3.20. The quantitative estimate of drug-likeness (QED) is 0.254. The van der Waals surface area contributed by atoms with E-state index in [0.717, 1.165) is 18.2 Å². The van der Waals surface area contributed by atoms with Gasteiger partial charge in [0.25, 0.3) is 0 Å². The number of aromatic amines is 2. The van der Waals surface area contributed by atoms with Crippen molar-refractivity contribution in [2.75, 3.05) is 11.1 Å². The van der Waals surface area contributed by atoms with Crippen molar-refractivity contribution in [2.45, 2.75) is 11.5 Å². The molecule has 7 N–H and O–H groups in total. The molecule has 0 amide bonds. The number of hydrogen-bond acceptors (Lipinski definition) is 9. The number of nitrogens with two attached hydrogens (primary N) is 2. The maximum absolute atomic E-state index is 15.2. The van der Waals surface area contributed by atoms with E-state index < -0.39 is 32.2 Å². The van der Waals surface area contributed by atoms with Gasteiger partial charge in [-0.25, -0.2) is 37.2 Å². The lowest BCUT2D eigenvalue weighted by Crippen LogP contribution is -2.14. The van der Waals surface area contributed by atoms with Gasteiger partial charge in [-0.3, -0.25) is 4.98 Å². The minimum absolute atomic E-state index is 0.0180. The molecule has 2 aromatic heterocycles. The maximum Gasteiger partial charge on any atom is 0.340 e. The van der Waals surface area contributed by atoms with Crippen LogP contribution >= 0.6 is 0 Å². The molecule has 4 aromatic rings. The Bertz CT molecular complexity index is 1520. The molecule has 0 bridgehead atoms. The highest BCUT2D eigenvalue weighted by Crippen LogP contribution is 2.30. The summed E-state index contributed by atoms with van der Waals surface area (Å²) in [4.78, 5) is 20.3. The highest BCUT2D eigenvalue weighted by molar-refractivity contribution is 7.89. The molecule has 0 fully saturated rings. The first-order valence-corrected chi connectivity index (χ1v) is 10.9. The Morgan fingerprint density at radius 3 is 2.47 bits per heavy atom. The van der Waals surface area contributed by atoms with Gasteiger partial charge < -0.3 is 15.8 Å². The van der Waals surface area contributed by atoms with Gasteiger partial charge >= 0.3 is 5.69 Å². The van der Waals surface area contributed by atoms with Crippen molar-refractivity contribution in [2.24, 2.45) is 5.14 Å². The standard InChI is InChI=1S/C19H16F2N8O4S/c20-12-6-1-9(7-13(12)34(23,31)32)16-15(21)17(27-18(22)26-16)24-10-2-4-11(5-3-10)33-8-14-25-19(30)29-28-14/h1-7H,8H2,(H2,23,31,32)(H3,22,24,26,27)(H2,25,28,29,30). The Hall–Kier alpha value is -4.37. The molecule has 0 saturated heterocycles. The molecule has 12 nitrogen and oxygen atoms in total. The molecule has 15 heteroatoms. The maximum atomic E-state index is 15.2. The van der Waals surface area contributed by atoms with Crippen LogP contribution < -0.4 is 26.6 Å². The van der Waals surface area contributed by atoms with E-state index in [9.17, 15) is 17.6 Å². The fourth-order valence-corrected chi connectivity index (χ4v) is 3.53. The Balaban J connectivity index is 1.57. The summed E-state index contributed by atoms with van der Waals surface area (Å²) in [6.45, 7) is 0.0180. The Morgan fingerprint density at radius 1 is 1.09 bits per heavy atom. The summed E-state index contributed by atoms with van der Waals surface area (Å²) in [6.07, 6.45) is 0. The van der Waals surface area contributed by atoms with Crippen LogP contribution in [0.4, 0.5) is 26.2 Å². The lowest BCUT2D eigenvalue weighted by molar-refractivity contribution is 0.296. The number of rotatable bonds is 7. The topological polar surface area (TPSA) is 195 Å². The van der Waals surface area contributed by atoms with E-state index in [1.807, 2.05) is 0 Å². The number of primary sulfonamides is 1. The molecule has 0 atom stereocenters. The molecule has 0 aliphatic rings. The van der Waals surface area contributed by atoms with Gasteiger partial charge in [-0.2, -0.15) is 10.1 Å². The summed E-state index contributed by atoms with van der Waals surface area (Å²) >= 11 is 0. The van der Waals surface area contributed by atoms with Gasteiger partial charge in [-0.1, -0.05) is 0 Å². The lowest BCUT2D eigenvalue weighted by atomic mass is 10.1. The first-order chi connectivity index (χ1) is 16.1. The predicted molar refractivity (Wildman–Crippen MR) is 116 cm³/mol. The first-order valence-electron chi connectivity index (χ1n) is 9.39. The van der Waals surface area contributed by atoms with Gasteiger partial charge in [0.15, 0.2) is 17.5 Å². The Morgan fingerprint density at radius 2 is 1.82 bits per heavy atom. The van der Waals surface area contributed by atoms with E-state index in [2.05, 4.69) is 30.5 Å². The molecule has 4 rings (SSSR count). The number of halogens is 2. The van der Waals surface area contributed by atoms with Gasteiger partial charge in [0, 0.05) is 11.3 Å². The third kappa shape index (κ3) is 5.00. The number of benzene rings is 2. The lowest BCUT2D eigenvalue weighted by Gasteiger charge is -2.12. The summed E-state index contributed by atoms with van der Waals surface area (Å²) in [5.41, 5.74) is 5.23. The zero-order valence-electron chi connectivity index (χ0n) is 17.0. The Labute approximate surface area is 190 Å². The monoisotopic (exact) mass is 490 g/mol.